The summed E-state index contributed by atoms with van der Waals surface area (Å²) in [4.78, 5) is 40.4. The van der Waals surface area contributed by atoms with Gasteiger partial charge in [-0.25, -0.2) is 0 Å². The van der Waals surface area contributed by atoms with Crippen molar-refractivity contribution < 1.29 is 28.3 Å². The standard InChI is InChI=1S/C23H30N4O6/c1-31-13-4-8-24-21(28)16-26-9-11-27(12-10-26)22(29)17-33-19-6-2-5-18(15-19)25-23(30)20-7-3-14-32-20/h2-3,5-7,14-15H,4,8-13,16-17H2,1H3,(H,24,28)(H,25,30). The number of rotatable bonds is 11. The molecule has 10 nitrogen and oxygen atoms in total. The van der Waals surface area contributed by atoms with Crippen molar-refractivity contribution in [1.82, 2.24) is 15.1 Å². The van der Waals surface area contributed by atoms with Crippen molar-refractivity contribution in [3.63, 3.8) is 0 Å². The molecule has 0 atom stereocenters. The van der Waals surface area contributed by atoms with Gasteiger partial charge in [-0.15, -0.1) is 0 Å². The Morgan fingerprint density at radius 1 is 1.09 bits per heavy atom. The molecule has 0 radical (unpaired) electrons. The third kappa shape index (κ3) is 7.92. The van der Waals surface area contributed by atoms with E-state index in [9.17, 15) is 14.4 Å². The molecule has 178 valence electrons. The highest BCUT2D eigenvalue weighted by Gasteiger charge is 2.22. The van der Waals surface area contributed by atoms with Crippen LogP contribution in [0.4, 0.5) is 5.69 Å². The van der Waals surface area contributed by atoms with E-state index in [1.54, 1.807) is 48.4 Å². The molecular formula is C23H30N4O6. The number of benzene rings is 1. The molecular weight excluding hydrogens is 428 g/mol. The van der Waals surface area contributed by atoms with Crippen LogP contribution in [0.15, 0.2) is 47.1 Å². The average molecular weight is 459 g/mol. The summed E-state index contributed by atoms with van der Waals surface area (Å²) in [6, 6.07) is 10.0. The minimum Gasteiger partial charge on any atom is -0.484 e. The highest BCUT2D eigenvalue weighted by atomic mass is 16.5. The first-order chi connectivity index (χ1) is 16.0. The van der Waals surface area contributed by atoms with Gasteiger partial charge >= 0.3 is 0 Å². The Morgan fingerprint density at radius 3 is 2.64 bits per heavy atom. The van der Waals surface area contributed by atoms with Crippen molar-refractivity contribution in [2.45, 2.75) is 6.42 Å². The first kappa shape index (κ1) is 24.3. The van der Waals surface area contributed by atoms with Crippen LogP contribution in [0.2, 0.25) is 0 Å². The van der Waals surface area contributed by atoms with Crippen molar-refractivity contribution in [1.29, 1.82) is 0 Å². The van der Waals surface area contributed by atoms with Gasteiger partial charge in [-0.3, -0.25) is 19.3 Å². The van der Waals surface area contributed by atoms with E-state index in [2.05, 4.69) is 10.6 Å². The normalized spacial score (nSPS) is 14.0. The lowest BCUT2D eigenvalue weighted by atomic mass is 10.3. The number of ether oxygens (including phenoxy) is 2. The summed E-state index contributed by atoms with van der Waals surface area (Å²) in [7, 11) is 1.63. The maximum atomic E-state index is 12.5. The number of nitrogens with one attached hydrogen (secondary N) is 2. The van der Waals surface area contributed by atoms with E-state index in [0.29, 0.717) is 57.3 Å². The molecule has 1 aromatic heterocycles. The van der Waals surface area contributed by atoms with Crippen LogP contribution >= 0.6 is 0 Å². The first-order valence-electron chi connectivity index (χ1n) is 10.9. The second-order valence-corrected chi connectivity index (χ2v) is 7.60. The van der Waals surface area contributed by atoms with Crippen molar-refractivity contribution >= 4 is 23.4 Å². The Morgan fingerprint density at radius 2 is 1.91 bits per heavy atom. The number of carbonyl (C=O) groups is 3. The SMILES string of the molecule is COCCCNC(=O)CN1CCN(C(=O)COc2cccc(NC(=O)c3ccco3)c2)CC1. The highest BCUT2D eigenvalue weighted by Crippen LogP contribution is 2.18. The summed E-state index contributed by atoms with van der Waals surface area (Å²) < 4.78 is 15.7. The zero-order valence-corrected chi connectivity index (χ0v) is 18.7. The number of carbonyl (C=O) groups excluding carboxylic acids is 3. The summed E-state index contributed by atoms with van der Waals surface area (Å²) in [5.74, 6) is 0.176. The minimum absolute atomic E-state index is 0.0202. The molecule has 1 fully saturated rings. The monoisotopic (exact) mass is 458 g/mol. The Bertz CT molecular complexity index is 909. The fourth-order valence-electron chi connectivity index (χ4n) is 3.36. The molecule has 33 heavy (non-hydrogen) atoms. The van der Waals surface area contributed by atoms with Crippen molar-refractivity contribution in [2.24, 2.45) is 0 Å². The summed E-state index contributed by atoms with van der Waals surface area (Å²) in [6.45, 7) is 3.77. The summed E-state index contributed by atoms with van der Waals surface area (Å²) in [5.41, 5.74) is 0.537. The lowest BCUT2D eigenvalue weighted by Crippen LogP contribution is -2.52. The first-order valence-corrected chi connectivity index (χ1v) is 10.9. The molecule has 1 saturated heterocycles. The molecule has 0 bridgehead atoms. The summed E-state index contributed by atoms with van der Waals surface area (Å²) in [5, 5.41) is 5.59. The molecule has 2 aromatic rings. The number of furan rings is 1. The number of piperazine rings is 1. The van der Waals surface area contributed by atoms with Gasteiger partial charge in [0.15, 0.2) is 12.4 Å². The fourth-order valence-corrected chi connectivity index (χ4v) is 3.36. The van der Waals surface area contributed by atoms with Crippen LogP contribution in [0, 0.1) is 0 Å². The molecule has 0 saturated carbocycles. The smallest absolute Gasteiger partial charge is 0.291 e. The number of hydrogen-bond acceptors (Lipinski definition) is 7. The molecule has 0 unspecified atom stereocenters. The van der Waals surface area contributed by atoms with Gasteiger partial charge in [-0.2, -0.15) is 0 Å². The molecule has 1 aliphatic rings. The van der Waals surface area contributed by atoms with E-state index in [0.717, 1.165) is 6.42 Å². The van der Waals surface area contributed by atoms with Gasteiger partial charge in [-0.1, -0.05) is 6.07 Å². The Balaban J connectivity index is 1.37. The van der Waals surface area contributed by atoms with Crippen LogP contribution in [-0.4, -0.2) is 87.1 Å². The maximum absolute atomic E-state index is 12.5. The van der Waals surface area contributed by atoms with Gasteiger partial charge in [0.05, 0.1) is 12.8 Å². The second-order valence-electron chi connectivity index (χ2n) is 7.60. The van der Waals surface area contributed by atoms with Gasteiger partial charge in [0.25, 0.3) is 11.8 Å². The van der Waals surface area contributed by atoms with Crippen LogP contribution in [0.25, 0.3) is 0 Å². The lowest BCUT2D eigenvalue weighted by molar-refractivity contribution is -0.135. The average Bonchev–Trinajstić information content (AvgIpc) is 3.36. The molecule has 3 amide bonds. The van der Waals surface area contributed by atoms with E-state index in [1.165, 1.54) is 6.26 Å². The quantitative estimate of drug-likeness (QED) is 0.487. The number of amides is 3. The second kappa shape index (κ2) is 12.6. The van der Waals surface area contributed by atoms with Crippen LogP contribution in [0.5, 0.6) is 5.75 Å². The molecule has 1 aliphatic heterocycles. The molecule has 2 N–H and O–H groups in total. The Kier molecular flexibility index (Phi) is 9.28. The van der Waals surface area contributed by atoms with Crippen molar-refractivity contribution in [2.75, 3.05) is 64.9 Å². The van der Waals surface area contributed by atoms with Crippen molar-refractivity contribution in [3.05, 3.63) is 48.4 Å². The van der Waals surface area contributed by atoms with E-state index in [1.807, 2.05) is 4.90 Å². The maximum Gasteiger partial charge on any atom is 0.291 e. The Hall–Kier alpha value is -3.37. The zero-order valence-electron chi connectivity index (χ0n) is 18.7. The van der Waals surface area contributed by atoms with Crippen LogP contribution < -0.4 is 15.4 Å². The summed E-state index contributed by atoms with van der Waals surface area (Å²) in [6.07, 6.45) is 2.21. The number of anilines is 1. The molecule has 0 aliphatic carbocycles. The van der Waals surface area contributed by atoms with Gasteiger partial charge in [-0.05, 0) is 30.7 Å². The van der Waals surface area contributed by atoms with E-state index < -0.39 is 0 Å². The molecule has 3 rings (SSSR count). The zero-order chi connectivity index (χ0) is 23.5. The van der Waals surface area contributed by atoms with Gasteiger partial charge in [0.1, 0.15) is 5.75 Å². The largest absolute Gasteiger partial charge is 0.484 e. The highest BCUT2D eigenvalue weighted by molar-refractivity contribution is 6.02. The predicted molar refractivity (Wildman–Crippen MR) is 121 cm³/mol. The number of hydrogen-bond donors (Lipinski definition) is 2. The van der Waals surface area contributed by atoms with E-state index in [4.69, 9.17) is 13.9 Å². The topological polar surface area (TPSA) is 113 Å². The predicted octanol–water partition coefficient (Wildman–Crippen LogP) is 1.21. The number of nitrogens with zero attached hydrogens (tertiary/aromatic N) is 2. The third-order valence-corrected chi connectivity index (χ3v) is 5.14. The molecule has 2 heterocycles. The van der Waals surface area contributed by atoms with Gasteiger partial charge in [0.2, 0.25) is 5.91 Å². The third-order valence-electron chi connectivity index (χ3n) is 5.14. The van der Waals surface area contributed by atoms with Crippen LogP contribution in [0.3, 0.4) is 0 Å². The van der Waals surface area contributed by atoms with Gasteiger partial charge < -0.3 is 29.4 Å². The van der Waals surface area contributed by atoms with Gasteiger partial charge in [0, 0.05) is 58.2 Å². The summed E-state index contributed by atoms with van der Waals surface area (Å²) >= 11 is 0. The van der Waals surface area contributed by atoms with Crippen LogP contribution in [-0.2, 0) is 14.3 Å². The van der Waals surface area contributed by atoms with E-state index in [-0.39, 0.29) is 30.1 Å². The fraction of sp³-hybridized carbons (Fsp3) is 0.435. The lowest BCUT2D eigenvalue weighted by Gasteiger charge is -2.34. The minimum atomic E-state index is -0.366. The van der Waals surface area contributed by atoms with Crippen LogP contribution in [0.1, 0.15) is 17.0 Å². The number of methoxy groups -OCH3 is 1. The van der Waals surface area contributed by atoms with E-state index >= 15 is 0 Å². The molecule has 0 spiro atoms. The van der Waals surface area contributed by atoms with Crippen molar-refractivity contribution in [3.8, 4) is 5.75 Å². The Labute approximate surface area is 192 Å². The molecule has 10 heteroatoms. The molecule has 1 aromatic carbocycles.